The van der Waals surface area contributed by atoms with Crippen molar-refractivity contribution in [1.29, 1.82) is 0 Å². The van der Waals surface area contributed by atoms with Gasteiger partial charge >= 0.3 is 0 Å². The van der Waals surface area contributed by atoms with E-state index in [0.717, 1.165) is 11.8 Å². The Morgan fingerprint density at radius 3 is 2.82 bits per heavy atom. The molecule has 0 saturated carbocycles. The van der Waals surface area contributed by atoms with E-state index in [4.69, 9.17) is 0 Å². The summed E-state index contributed by atoms with van der Waals surface area (Å²) in [5, 5.41) is 0.695. The molecule has 1 aromatic rings. The Labute approximate surface area is 109 Å². The minimum Gasteiger partial charge on any atom is -0.122 e. The highest BCUT2D eigenvalue weighted by molar-refractivity contribution is 8.03. The molecule has 2 aliphatic rings. The van der Waals surface area contributed by atoms with Gasteiger partial charge in [-0.05, 0) is 60.1 Å². The van der Waals surface area contributed by atoms with Crippen LogP contribution in [0.1, 0.15) is 40.8 Å². The fourth-order valence-corrected chi connectivity index (χ4v) is 5.30. The molecule has 0 N–H and O–H groups in total. The van der Waals surface area contributed by atoms with Crippen LogP contribution in [0.3, 0.4) is 0 Å². The molecule has 90 valence electrons. The summed E-state index contributed by atoms with van der Waals surface area (Å²) in [7, 11) is 0. The third-order valence-electron chi connectivity index (χ3n) is 4.44. The average molecular weight is 244 g/mol. The van der Waals surface area contributed by atoms with Gasteiger partial charge in [-0.3, -0.25) is 0 Å². The van der Waals surface area contributed by atoms with E-state index < -0.39 is 0 Å². The molecule has 0 nitrogen and oxygen atoms in total. The van der Waals surface area contributed by atoms with E-state index >= 15 is 0 Å². The summed E-state index contributed by atoms with van der Waals surface area (Å²) < 4.78 is 0. The summed E-state index contributed by atoms with van der Waals surface area (Å²) in [4.78, 5) is 1.42. The Bertz CT molecular complexity index is 487. The summed E-state index contributed by atoms with van der Waals surface area (Å²) in [6.07, 6.45) is 2.52. The number of fused-ring (bicyclic) bond motifs is 3. The molecule has 0 amide bonds. The van der Waals surface area contributed by atoms with Gasteiger partial charge in [-0.2, -0.15) is 0 Å². The van der Waals surface area contributed by atoms with Gasteiger partial charge in [0.1, 0.15) is 0 Å². The molecule has 1 fully saturated rings. The minimum absolute atomic E-state index is 0.695. The molecular formula is C16H20S. The summed E-state index contributed by atoms with van der Waals surface area (Å²) in [5.74, 6) is 1.55. The van der Waals surface area contributed by atoms with Crippen LogP contribution < -0.4 is 0 Å². The molecule has 0 spiro atoms. The first kappa shape index (κ1) is 11.4. The van der Waals surface area contributed by atoms with E-state index in [1.807, 2.05) is 11.8 Å². The van der Waals surface area contributed by atoms with Crippen molar-refractivity contribution in [2.24, 2.45) is 11.8 Å². The molecule has 17 heavy (non-hydrogen) atoms. The maximum absolute atomic E-state index is 4.27. The lowest BCUT2D eigenvalue weighted by molar-refractivity contribution is 0.410. The summed E-state index contributed by atoms with van der Waals surface area (Å²) in [5.41, 5.74) is 6.14. The van der Waals surface area contributed by atoms with Crippen molar-refractivity contribution in [3.05, 3.63) is 45.9 Å². The Morgan fingerprint density at radius 1 is 1.35 bits per heavy atom. The van der Waals surface area contributed by atoms with Crippen molar-refractivity contribution in [2.75, 3.05) is 0 Å². The standard InChI is InChI=1S/C16H20S/c1-5-12-11(4)17-16-14-7-9(2)6-10(3)13(14)8-15(12)16/h6-7,12,15-16H,4-5,8H2,1-3H3. The van der Waals surface area contributed by atoms with Crippen molar-refractivity contribution in [3.8, 4) is 0 Å². The molecule has 3 rings (SSSR count). The molecule has 1 heterocycles. The second-order valence-corrected chi connectivity index (χ2v) is 6.81. The second kappa shape index (κ2) is 3.91. The van der Waals surface area contributed by atoms with Crippen molar-refractivity contribution >= 4 is 11.8 Å². The fraction of sp³-hybridized carbons (Fsp3) is 0.500. The van der Waals surface area contributed by atoms with Gasteiger partial charge in [-0.25, -0.2) is 0 Å². The Hall–Kier alpha value is -0.690. The maximum Gasteiger partial charge on any atom is 0.0381 e. The first-order valence-electron chi connectivity index (χ1n) is 6.57. The van der Waals surface area contributed by atoms with Gasteiger partial charge in [0.15, 0.2) is 0 Å². The molecule has 0 aromatic heterocycles. The summed E-state index contributed by atoms with van der Waals surface area (Å²) in [6, 6.07) is 4.74. The highest BCUT2D eigenvalue weighted by Gasteiger charge is 2.44. The topological polar surface area (TPSA) is 0 Å². The average Bonchev–Trinajstić information content (AvgIpc) is 2.74. The normalized spacial score (nSPS) is 30.5. The van der Waals surface area contributed by atoms with Gasteiger partial charge in [0.05, 0.1) is 0 Å². The number of hydrogen-bond donors (Lipinski definition) is 0. The van der Waals surface area contributed by atoms with E-state index in [-0.39, 0.29) is 0 Å². The third-order valence-corrected chi connectivity index (χ3v) is 5.90. The molecule has 1 aromatic carbocycles. The second-order valence-electron chi connectivity index (χ2n) is 5.54. The highest BCUT2D eigenvalue weighted by Crippen LogP contribution is 2.60. The first-order valence-corrected chi connectivity index (χ1v) is 7.45. The quantitative estimate of drug-likeness (QED) is 0.683. The van der Waals surface area contributed by atoms with Gasteiger partial charge < -0.3 is 0 Å². The van der Waals surface area contributed by atoms with Crippen molar-refractivity contribution in [2.45, 2.75) is 38.9 Å². The monoisotopic (exact) mass is 244 g/mol. The van der Waals surface area contributed by atoms with E-state index in [2.05, 4.69) is 39.5 Å². The molecular weight excluding hydrogens is 224 g/mol. The SMILES string of the molecule is C=C1SC2c3cc(C)cc(C)c3CC2C1CC. The van der Waals surface area contributed by atoms with Crippen LogP contribution in [-0.2, 0) is 6.42 Å². The van der Waals surface area contributed by atoms with Gasteiger partial charge in [0.2, 0.25) is 0 Å². The molecule has 3 atom stereocenters. The van der Waals surface area contributed by atoms with Crippen LogP contribution >= 0.6 is 11.8 Å². The van der Waals surface area contributed by atoms with Crippen LogP contribution in [-0.4, -0.2) is 0 Å². The van der Waals surface area contributed by atoms with E-state index in [9.17, 15) is 0 Å². The van der Waals surface area contributed by atoms with Gasteiger partial charge in [0.25, 0.3) is 0 Å². The van der Waals surface area contributed by atoms with Gasteiger partial charge in [-0.15, -0.1) is 11.8 Å². The van der Waals surface area contributed by atoms with Gasteiger partial charge in [-0.1, -0.05) is 31.2 Å². The zero-order valence-corrected chi connectivity index (χ0v) is 11.7. The Morgan fingerprint density at radius 2 is 2.12 bits per heavy atom. The summed E-state index contributed by atoms with van der Waals surface area (Å²) >= 11 is 2.03. The minimum atomic E-state index is 0.695. The van der Waals surface area contributed by atoms with Crippen LogP contribution in [0.5, 0.6) is 0 Å². The fourth-order valence-electron chi connectivity index (χ4n) is 3.66. The van der Waals surface area contributed by atoms with E-state index in [1.54, 1.807) is 11.1 Å². The maximum atomic E-state index is 4.27. The van der Waals surface area contributed by atoms with E-state index in [1.165, 1.54) is 28.9 Å². The van der Waals surface area contributed by atoms with Crippen molar-refractivity contribution < 1.29 is 0 Å². The van der Waals surface area contributed by atoms with Crippen LogP contribution in [0.15, 0.2) is 23.6 Å². The Balaban J connectivity index is 2.06. The number of benzene rings is 1. The lowest BCUT2D eigenvalue weighted by Gasteiger charge is -2.15. The summed E-state index contributed by atoms with van der Waals surface area (Å²) in [6.45, 7) is 11.1. The van der Waals surface area contributed by atoms with Crippen LogP contribution in [0.4, 0.5) is 0 Å². The van der Waals surface area contributed by atoms with Crippen LogP contribution in [0.2, 0.25) is 0 Å². The molecule has 0 radical (unpaired) electrons. The molecule has 3 unspecified atom stereocenters. The number of rotatable bonds is 1. The molecule has 1 aliphatic carbocycles. The number of aryl methyl sites for hydroxylation is 2. The number of allylic oxidation sites excluding steroid dienone is 1. The lowest BCUT2D eigenvalue weighted by atomic mass is 9.88. The van der Waals surface area contributed by atoms with Gasteiger partial charge in [0, 0.05) is 5.25 Å². The molecule has 0 bridgehead atoms. The molecule has 1 saturated heterocycles. The smallest absolute Gasteiger partial charge is 0.0381 e. The number of hydrogen-bond acceptors (Lipinski definition) is 1. The lowest BCUT2D eigenvalue weighted by Crippen LogP contribution is -2.10. The predicted molar refractivity (Wildman–Crippen MR) is 76.4 cm³/mol. The predicted octanol–water partition coefficient (Wildman–Crippen LogP) is 4.80. The van der Waals surface area contributed by atoms with Crippen LogP contribution in [0.25, 0.3) is 0 Å². The zero-order valence-electron chi connectivity index (χ0n) is 10.9. The molecule has 1 heteroatoms. The zero-order chi connectivity index (χ0) is 12.2. The molecule has 1 aliphatic heterocycles. The van der Waals surface area contributed by atoms with E-state index in [0.29, 0.717) is 5.25 Å². The Kier molecular flexibility index (Phi) is 2.62. The van der Waals surface area contributed by atoms with Crippen LogP contribution in [0, 0.1) is 25.7 Å². The third kappa shape index (κ3) is 1.59. The van der Waals surface area contributed by atoms with Crippen molar-refractivity contribution in [1.82, 2.24) is 0 Å². The number of thioether (sulfide) groups is 1. The first-order chi connectivity index (χ1) is 8.11. The largest absolute Gasteiger partial charge is 0.122 e. The van der Waals surface area contributed by atoms with Crippen molar-refractivity contribution in [3.63, 3.8) is 0 Å². The highest BCUT2D eigenvalue weighted by atomic mass is 32.2.